The molecule has 0 aliphatic carbocycles. The molecule has 0 heterocycles. The number of rotatable bonds is 9. The highest BCUT2D eigenvalue weighted by molar-refractivity contribution is 7.99. The molecule has 0 amide bonds. The molecule has 2 atom stereocenters. The zero-order valence-corrected chi connectivity index (χ0v) is 11.1. The van der Waals surface area contributed by atoms with Crippen LogP contribution < -0.4 is 5.32 Å². The highest BCUT2D eigenvalue weighted by atomic mass is 32.2. The largest absolute Gasteiger partial charge is 0.316 e. The summed E-state index contributed by atoms with van der Waals surface area (Å²) >= 11 is 2.08. The van der Waals surface area contributed by atoms with Gasteiger partial charge in [-0.3, -0.25) is 0 Å². The van der Waals surface area contributed by atoms with E-state index in [9.17, 15) is 0 Å². The van der Waals surface area contributed by atoms with Crippen molar-refractivity contribution in [1.29, 1.82) is 0 Å². The average molecular weight is 217 g/mol. The maximum absolute atomic E-state index is 3.43. The molecule has 2 unspecified atom stereocenters. The van der Waals surface area contributed by atoms with E-state index in [1.54, 1.807) is 0 Å². The zero-order chi connectivity index (χ0) is 10.8. The monoisotopic (exact) mass is 217 g/mol. The molecule has 1 nitrogen and oxygen atoms in total. The summed E-state index contributed by atoms with van der Waals surface area (Å²) in [5.41, 5.74) is 0. The van der Waals surface area contributed by atoms with Gasteiger partial charge in [0.25, 0.3) is 0 Å². The SMILES string of the molecule is CCCSCC(CC(C)CCC)NC. The Bertz CT molecular complexity index is 117. The summed E-state index contributed by atoms with van der Waals surface area (Å²) in [4.78, 5) is 0. The standard InChI is InChI=1S/C12H27NS/c1-5-7-11(3)9-12(13-4)10-14-8-6-2/h11-13H,5-10H2,1-4H3. The van der Waals surface area contributed by atoms with E-state index in [0.717, 1.165) is 5.92 Å². The molecule has 0 aromatic carbocycles. The molecular weight excluding hydrogens is 190 g/mol. The lowest BCUT2D eigenvalue weighted by Gasteiger charge is -2.19. The van der Waals surface area contributed by atoms with Gasteiger partial charge in [-0.05, 0) is 31.6 Å². The molecule has 14 heavy (non-hydrogen) atoms. The first-order valence-electron chi connectivity index (χ1n) is 5.99. The fourth-order valence-corrected chi connectivity index (χ4v) is 2.78. The first-order chi connectivity index (χ1) is 6.74. The Balaban J connectivity index is 3.55. The maximum Gasteiger partial charge on any atom is 0.0157 e. The number of hydrogen-bond acceptors (Lipinski definition) is 2. The quantitative estimate of drug-likeness (QED) is 0.593. The van der Waals surface area contributed by atoms with Crippen LogP contribution in [0.25, 0.3) is 0 Å². The van der Waals surface area contributed by atoms with E-state index in [1.807, 2.05) is 0 Å². The third-order valence-corrected chi connectivity index (χ3v) is 3.88. The highest BCUT2D eigenvalue weighted by Crippen LogP contribution is 2.15. The molecule has 0 aromatic heterocycles. The molecule has 0 rings (SSSR count). The van der Waals surface area contributed by atoms with E-state index in [1.165, 1.54) is 37.2 Å². The summed E-state index contributed by atoms with van der Waals surface area (Å²) < 4.78 is 0. The number of thioether (sulfide) groups is 1. The van der Waals surface area contributed by atoms with Gasteiger partial charge in [-0.2, -0.15) is 11.8 Å². The molecule has 0 saturated heterocycles. The van der Waals surface area contributed by atoms with Crippen molar-refractivity contribution in [3.8, 4) is 0 Å². The zero-order valence-electron chi connectivity index (χ0n) is 10.3. The van der Waals surface area contributed by atoms with Gasteiger partial charge in [0.1, 0.15) is 0 Å². The molecule has 0 aromatic rings. The Labute approximate surface area is 94.4 Å². The van der Waals surface area contributed by atoms with Crippen LogP contribution in [0.15, 0.2) is 0 Å². The Hall–Kier alpha value is 0.310. The summed E-state index contributed by atoms with van der Waals surface area (Å²) in [7, 11) is 2.09. The van der Waals surface area contributed by atoms with Crippen molar-refractivity contribution >= 4 is 11.8 Å². The summed E-state index contributed by atoms with van der Waals surface area (Å²) in [6.07, 6.45) is 5.32. The molecule has 0 bridgehead atoms. The third kappa shape index (κ3) is 7.69. The van der Waals surface area contributed by atoms with Crippen molar-refractivity contribution in [1.82, 2.24) is 5.32 Å². The van der Waals surface area contributed by atoms with Crippen molar-refractivity contribution in [2.45, 2.75) is 52.5 Å². The predicted molar refractivity (Wildman–Crippen MR) is 69.2 cm³/mol. The maximum atomic E-state index is 3.43. The molecule has 86 valence electrons. The molecule has 0 aliphatic heterocycles. The van der Waals surface area contributed by atoms with Gasteiger partial charge in [-0.1, -0.05) is 33.6 Å². The predicted octanol–water partition coefficient (Wildman–Crippen LogP) is 3.54. The van der Waals surface area contributed by atoms with E-state index in [4.69, 9.17) is 0 Å². The van der Waals surface area contributed by atoms with E-state index in [0.29, 0.717) is 6.04 Å². The Morgan fingerprint density at radius 2 is 1.93 bits per heavy atom. The second-order valence-electron chi connectivity index (χ2n) is 4.19. The molecule has 0 saturated carbocycles. The van der Waals surface area contributed by atoms with Crippen LogP contribution in [-0.2, 0) is 0 Å². The third-order valence-electron chi connectivity index (χ3n) is 2.54. The Morgan fingerprint density at radius 3 is 2.43 bits per heavy atom. The fourth-order valence-electron chi connectivity index (χ4n) is 1.74. The van der Waals surface area contributed by atoms with Gasteiger partial charge in [0.05, 0.1) is 0 Å². The normalized spacial score (nSPS) is 15.4. The van der Waals surface area contributed by atoms with Gasteiger partial charge >= 0.3 is 0 Å². The van der Waals surface area contributed by atoms with Crippen molar-refractivity contribution in [3.63, 3.8) is 0 Å². The van der Waals surface area contributed by atoms with Gasteiger partial charge in [0.15, 0.2) is 0 Å². The lowest BCUT2D eigenvalue weighted by atomic mass is 9.98. The lowest BCUT2D eigenvalue weighted by molar-refractivity contribution is 0.420. The summed E-state index contributed by atoms with van der Waals surface area (Å²) in [6, 6.07) is 0.716. The molecule has 0 spiro atoms. The van der Waals surface area contributed by atoms with Crippen LogP contribution in [-0.4, -0.2) is 24.6 Å². The molecule has 0 fully saturated rings. The Kier molecular flexibility index (Phi) is 10.1. The second kappa shape index (κ2) is 9.85. The summed E-state index contributed by atoms with van der Waals surface area (Å²) in [6.45, 7) is 6.90. The van der Waals surface area contributed by atoms with Crippen molar-refractivity contribution in [2.24, 2.45) is 5.92 Å². The van der Waals surface area contributed by atoms with Crippen LogP contribution in [0.2, 0.25) is 0 Å². The smallest absolute Gasteiger partial charge is 0.0157 e. The van der Waals surface area contributed by atoms with Gasteiger partial charge < -0.3 is 5.32 Å². The molecule has 2 heteroatoms. The molecule has 1 N–H and O–H groups in total. The van der Waals surface area contributed by atoms with E-state index >= 15 is 0 Å². The number of nitrogens with one attached hydrogen (secondary N) is 1. The summed E-state index contributed by atoms with van der Waals surface area (Å²) in [5.74, 6) is 3.46. The van der Waals surface area contributed by atoms with Crippen LogP contribution in [0.5, 0.6) is 0 Å². The van der Waals surface area contributed by atoms with Crippen molar-refractivity contribution in [2.75, 3.05) is 18.6 Å². The molecule has 0 radical (unpaired) electrons. The van der Waals surface area contributed by atoms with E-state index in [-0.39, 0.29) is 0 Å². The lowest BCUT2D eigenvalue weighted by Crippen LogP contribution is -2.29. The van der Waals surface area contributed by atoms with Gasteiger partial charge in [0, 0.05) is 11.8 Å². The van der Waals surface area contributed by atoms with E-state index in [2.05, 4.69) is 44.9 Å². The highest BCUT2D eigenvalue weighted by Gasteiger charge is 2.10. The molecule has 0 aliphatic rings. The van der Waals surface area contributed by atoms with Crippen molar-refractivity contribution < 1.29 is 0 Å². The van der Waals surface area contributed by atoms with Crippen LogP contribution in [0.1, 0.15) is 46.5 Å². The van der Waals surface area contributed by atoms with Crippen molar-refractivity contribution in [3.05, 3.63) is 0 Å². The minimum atomic E-state index is 0.716. The first-order valence-corrected chi connectivity index (χ1v) is 7.15. The molecular formula is C12H27NS. The van der Waals surface area contributed by atoms with Crippen LogP contribution in [0.3, 0.4) is 0 Å². The van der Waals surface area contributed by atoms with Gasteiger partial charge in [-0.15, -0.1) is 0 Å². The average Bonchev–Trinajstić information content (AvgIpc) is 2.17. The van der Waals surface area contributed by atoms with Crippen LogP contribution >= 0.6 is 11.8 Å². The van der Waals surface area contributed by atoms with Gasteiger partial charge in [0.2, 0.25) is 0 Å². The minimum Gasteiger partial charge on any atom is -0.316 e. The van der Waals surface area contributed by atoms with Gasteiger partial charge in [-0.25, -0.2) is 0 Å². The summed E-state index contributed by atoms with van der Waals surface area (Å²) in [5, 5.41) is 3.43. The second-order valence-corrected chi connectivity index (χ2v) is 5.34. The Morgan fingerprint density at radius 1 is 1.21 bits per heavy atom. The van der Waals surface area contributed by atoms with E-state index < -0.39 is 0 Å². The topological polar surface area (TPSA) is 12.0 Å². The fraction of sp³-hybridized carbons (Fsp3) is 1.00. The van der Waals surface area contributed by atoms with Crippen LogP contribution in [0, 0.1) is 5.92 Å². The number of hydrogen-bond donors (Lipinski definition) is 1. The van der Waals surface area contributed by atoms with Crippen LogP contribution in [0.4, 0.5) is 0 Å². The minimum absolute atomic E-state index is 0.716. The first kappa shape index (κ1) is 14.3.